The van der Waals surface area contributed by atoms with Crippen LogP contribution >= 0.6 is 0 Å². The van der Waals surface area contributed by atoms with E-state index in [0.29, 0.717) is 24.4 Å². The summed E-state index contributed by atoms with van der Waals surface area (Å²) < 4.78 is 0. The van der Waals surface area contributed by atoms with Crippen molar-refractivity contribution in [2.45, 2.75) is 45.6 Å². The molecular weight excluding hydrogens is 312 g/mol. The van der Waals surface area contributed by atoms with Gasteiger partial charge in [0.25, 0.3) is 5.91 Å². The van der Waals surface area contributed by atoms with Gasteiger partial charge in [-0.25, -0.2) is 0 Å². The predicted octanol–water partition coefficient (Wildman–Crippen LogP) is 3.56. The Kier molecular flexibility index (Phi) is 5.45. The molecule has 1 aromatic carbocycles. The van der Waals surface area contributed by atoms with Crippen LogP contribution in [0.4, 0.5) is 0 Å². The number of hydrogen-bond acceptors (Lipinski definition) is 2. The van der Waals surface area contributed by atoms with Crippen molar-refractivity contribution in [2.24, 2.45) is 17.8 Å². The van der Waals surface area contributed by atoms with Gasteiger partial charge in [-0.05, 0) is 61.6 Å². The largest absolute Gasteiger partial charge is 0.345 e. The van der Waals surface area contributed by atoms with Crippen molar-refractivity contribution in [2.75, 3.05) is 20.6 Å². The molecule has 136 valence electrons. The minimum atomic E-state index is 0.00580. The van der Waals surface area contributed by atoms with Crippen molar-refractivity contribution in [3.05, 3.63) is 35.4 Å². The van der Waals surface area contributed by atoms with E-state index < -0.39 is 0 Å². The zero-order valence-electron chi connectivity index (χ0n) is 15.7. The third-order valence-corrected chi connectivity index (χ3v) is 6.04. The monoisotopic (exact) mass is 342 g/mol. The van der Waals surface area contributed by atoms with Crippen molar-refractivity contribution in [1.82, 2.24) is 9.80 Å². The van der Waals surface area contributed by atoms with Crippen molar-refractivity contribution >= 4 is 11.8 Å². The molecule has 2 aliphatic carbocycles. The molecule has 0 radical (unpaired) electrons. The van der Waals surface area contributed by atoms with Crippen LogP contribution in [0.2, 0.25) is 0 Å². The van der Waals surface area contributed by atoms with Crippen LogP contribution in [0, 0.1) is 17.8 Å². The molecular formula is C21H30N2O2. The Morgan fingerprint density at radius 3 is 2.32 bits per heavy atom. The molecule has 4 nitrogen and oxygen atoms in total. The van der Waals surface area contributed by atoms with Gasteiger partial charge in [0.1, 0.15) is 0 Å². The van der Waals surface area contributed by atoms with Crippen LogP contribution in [0.5, 0.6) is 0 Å². The zero-order valence-corrected chi connectivity index (χ0v) is 15.7. The summed E-state index contributed by atoms with van der Waals surface area (Å²) in [4.78, 5) is 28.2. The third-order valence-electron chi connectivity index (χ3n) is 6.04. The molecule has 0 N–H and O–H groups in total. The molecule has 0 heterocycles. The number of benzene rings is 1. The summed E-state index contributed by atoms with van der Waals surface area (Å²) >= 11 is 0. The molecule has 2 fully saturated rings. The van der Waals surface area contributed by atoms with Gasteiger partial charge in [0.05, 0.1) is 0 Å². The SMILES string of the molecule is CCN(Cc1ccc(C(=O)N(C)C)cc1)C(=O)C[C@H]1C[C@H]2CC[C@H]1C2. The fourth-order valence-corrected chi connectivity index (χ4v) is 4.59. The van der Waals surface area contributed by atoms with Gasteiger partial charge in [-0.1, -0.05) is 18.6 Å². The molecule has 0 saturated heterocycles. The topological polar surface area (TPSA) is 40.6 Å². The number of amides is 2. The minimum absolute atomic E-state index is 0.00580. The highest BCUT2D eigenvalue weighted by Gasteiger charge is 2.40. The molecule has 1 aromatic rings. The van der Waals surface area contributed by atoms with Crippen molar-refractivity contribution in [3.8, 4) is 0 Å². The molecule has 0 spiro atoms. The average Bonchev–Trinajstić information content (AvgIpc) is 3.22. The van der Waals surface area contributed by atoms with E-state index in [-0.39, 0.29) is 11.8 Å². The third kappa shape index (κ3) is 4.05. The fraction of sp³-hybridized carbons (Fsp3) is 0.619. The van der Waals surface area contributed by atoms with Crippen molar-refractivity contribution in [1.29, 1.82) is 0 Å². The molecule has 2 amide bonds. The summed E-state index contributed by atoms with van der Waals surface area (Å²) in [5.74, 6) is 2.59. The molecule has 2 saturated carbocycles. The standard InChI is InChI=1S/C21H30N2O2/c1-4-23(20(24)13-19-12-16-7-10-18(19)11-16)14-15-5-8-17(9-6-15)21(25)22(2)3/h5-6,8-9,16,18-19H,4,7,10-14H2,1-3H3/t16-,18-,19+/m0/s1. The maximum absolute atomic E-state index is 12.7. The predicted molar refractivity (Wildman–Crippen MR) is 99.1 cm³/mol. The summed E-state index contributed by atoms with van der Waals surface area (Å²) in [6.07, 6.45) is 6.04. The smallest absolute Gasteiger partial charge is 0.253 e. The van der Waals surface area contributed by atoms with Gasteiger partial charge in [0.2, 0.25) is 5.91 Å². The molecule has 2 aliphatic rings. The second-order valence-corrected chi connectivity index (χ2v) is 7.94. The van der Waals surface area contributed by atoms with Crippen LogP contribution < -0.4 is 0 Å². The normalized spacial score (nSPS) is 24.4. The quantitative estimate of drug-likeness (QED) is 0.793. The lowest BCUT2D eigenvalue weighted by atomic mass is 9.86. The second-order valence-electron chi connectivity index (χ2n) is 7.94. The number of carbonyl (C=O) groups excluding carboxylic acids is 2. The van der Waals surface area contributed by atoms with E-state index >= 15 is 0 Å². The van der Waals surface area contributed by atoms with Crippen LogP contribution in [0.15, 0.2) is 24.3 Å². The van der Waals surface area contributed by atoms with E-state index in [1.165, 1.54) is 25.7 Å². The first kappa shape index (κ1) is 18.0. The van der Waals surface area contributed by atoms with Gasteiger partial charge in [-0.15, -0.1) is 0 Å². The van der Waals surface area contributed by atoms with Crippen LogP contribution in [0.3, 0.4) is 0 Å². The first-order chi connectivity index (χ1) is 12.0. The Morgan fingerprint density at radius 2 is 1.80 bits per heavy atom. The first-order valence-corrected chi connectivity index (χ1v) is 9.56. The Hall–Kier alpha value is -1.84. The van der Waals surface area contributed by atoms with E-state index in [1.807, 2.05) is 36.1 Å². The molecule has 0 aromatic heterocycles. The lowest BCUT2D eigenvalue weighted by molar-refractivity contribution is -0.133. The fourth-order valence-electron chi connectivity index (χ4n) is 4.59. The van der Waals surface area contributed by atoms with E-state index in [1.54, 1.807) is 19.0 Å². The van der Waals surface area contributed by atoms with Crippen LogP contribution in [0.1, 0.15) is 54.9 Å². The first-order valence-electron chi connectivity index (χ1n) is 9.56. The molecule has 4 heteroatoms. The van der Waals surface area contributed by atoms with E-state index in [4.69, 9.17) is 0 Å². The number of fused-ring (bicyclic) bond motifs is 2. The number of nitrogens with zero attached hydrogens (tertiary/aromatic N) is 2. The van der Waals surface area contributed by atoms with E-state index in [0.717, 1.165) is 23.9 Å². The van der Waals surface area contributed by atoms with E-state index in [2.05, 4.69) is 0 Å². The highest BCUT2D eigenvalue weighted by Crippen LogP contribution is 2.49. The molecule has 3 rings (SSSR count). The van der Waals surface area contributed by atoms with Crippen molar-refractivity contribution in [3.63, 3.8) is 0 Å². The van der Waals surface area contributed by atoms with Gasteiger partial charge in [0.15, 0.2) is 0 Å². The molecule has 0 unspecified atom stereocenters. The van der Waals surface area contributed by atoms with Crippen molar-refractivity contribution < 1.29 is 9.59 Å². The lowest BCUT2D eigenvalue weighted by Crippen LogP contribution is -2.32. The van der Waals surface area contributed by atoms with Crippen LogP contribution in [0.25, 0.3) is 0 Å². The maximum Gasteiger partial charge on any atom is 0.253 e. The Morgan fingerprint density at radius 1 is 1.08 bits per heavy atom. The number of carbonyl (C=O) groups is 2. The average molecular weight is 342 g/mol. The summed E-state index contributed by atoms with van der Waals surface area (Å²) in [6, 6.07) is 7.63. The summed E-state index contributed by atoms with van der Waals surface area (Å²) in [5, 5.41) is 0. The molecule has 25 heavy (non-hydrogen) atoms. The number of hydrogen-bond donors (Lipinski definition) is 0. The van der Waals surface area contributed by atoms with Gasteiger partial charge in [-0.2, -0.15) is 0 Å². The summed E-state index contributed by atoms with van der Waals surface area (Å²) in [6.45, 7) is 3.41. The summed E-state index contributed by atoms with van der Waals surface area (Å²) in [5.41, 5.74) is 1.77. The minimum Gasteiger partial charge on any atom is -0.345 e. The van der Waals surface area contributed by atoms with Gasteiger partial charge in [-0.3, -0.25) is 9.59 Å². The zero-order chi connectivity index (χ0) is 18.0. The lowest BCUT2D eigenvalue weighted by Gasteiger charge is -2.26. The maximum atomic E-state index is 12.7. The Labute approximate surface area is 151 Å². The second kappa shape index (κ2) is 7.59. The van der Waals surface area contributed by atoms with E-state index in [9.17, 15) is 9.59 Å². The highest BCUT2D eigenvalue weighted by atomic mass is 16.2. The Bertz CT molecular complexity index is 623. The van der Waals surface area contributed by atoms with Crippen LogP contribution in [-0.4, -0.2) is 42.3 Å². The molecule has 2 bridgehead atoms. The Balaban J connectivity index is 1.58. The molecule has 3 atom stereocenters. The van der Waals surface area contributed by atoms with Gasteiger partial charge >= 0.3 is 0 Å². The van der Waals surface area contributed by atoms with Gasteiger partial charge in [0, 0.05) is 39.2 Å². The van der Waals surface area contributed by atoms with Gasteiger partial charge < -0.3 is 9.80 Å². The summed E-state index contributed by atoms with van der Waals surface area (Å²) in [7, 11) is 3.51. The highest BCUT2D eigenvalue weighted by molar-refractivity contribution is 5.93. The molecule has 0 aliphatic heterocycles. The number of rotatable bonds is 6. The van der Waals surface area contributed by atoms with Crippen LogP contribution in [-0.2, 0) is 11.3 Å².